The molecular formula is C29H36ClN3O5. The van der Waals surface area contributed by atoms with E-state index in [0.717, 1.165) is 0 Å². The Morgan fingerprint density at radius 3 is 2.42 bits per heavy atom. The quantitative estimate of drug-likeness (QED) is 0.559. The van der Waals surface area contributed by atoms with Gasteiger partial charge in [0.15, 0.2) is 0 Å². The molecule has 38 heavy (non-hydrogen) atoms. The van der Waals surface area contributed by atoms with E-state index < -0.39 is 35.1 Å². The third-order valence-corrected chi connectivity index (χ3v) is 8.89. The molecule has 5 rings (SSSR count). The molecule has 2 saturated heterocycles. The first-order chi connectivity index (χ1) is 18.1. The van der Waals surface area contributed by atoms with Gasteiger partial charge in [-0.05, 0) is 30.9 Å². The molecule has 6 atom stereocenters. The number of nitrogens with zero attached hydrogens (tertiary/aromatic N) is 3. The Balaban J connectivity index is 1.71. The molecule has 4 aliphatic rings. The fourth-order valence-corrected chi connectivity index (χ4v) is 7.16. The van der Waals surface area contributed by atoms with Crippen molar-refractivity contribution < 1.29 is 24.2 Å². The van der Waals surface area contributed by atoms with Gasteiger partial charge >= 0.3 is 0 Å². The van der Waals surface area contributed by atoms with E-state index in [1.165, 1.54) is 4.90 Å². The number of anilines is 1. The van der Waals surface area contributed by atoms with Gasteiger partial charge in [0.05, 0.1) is 40.8 Å². The second-order valence-corrected chi connectivity index (χ2v) is 11.7. The highest BCUT2D eigenvalue weighted by atomic mass is 35.5. The van der Waals surface area contributed by atoms with Gasteiger partial charge in [-0.25, -0.2) is 0 Å². The number of carbonyl (C=O) groups is 3. The third-order valence-electron chi connectivity index (χ3n) is 8.57. The molecule has 1 unspecified atom stereocenters. The van der Waals surface area contributed by atoms with Gasteiger partial charge in [0, 0.05) is 20.1 Å². The summed E-state index contributed by atoms with van der Waals surface area (Å²) in [4.78, 5) is 47.6. The number of halogens is 1. The summed E-state index contributed by atoms with van der Waals surface area (Å²) in [6.45, 7) is 6.32. The Hall–Kier alpha value is -2.68. The molecule has 8 nitrogen and oxygen atoms in total. The average Bonchev–Trinajstić information content (AvgIpc) is 3.19. The maximum Gasteiger partial charge on any atom is 0.253 e. The standard InChI is InChI=1S/C29H36ClN3O5/c1-5-28-12-8-14-31(4)25(35)22(28)23-26(36)33(19(17-34)16-18(2)3)24-27(37)32(15-9-13-29(23,24)38-28)21-11-7-6-10-20(21)30/h6-13,18-19,22-24,34H,5,14-17H2,1-4H3/t19-,22-,23+,24?,28+,29+/m1/s1. The summed E-state index contributed by atoms with van der Waals surface area (Å²) in [5, 5.41) is 10.9. The lowest BCUT2D eigenvalue weighted by Crippen LogP contribution is -2.59. The first kappa shape index (κ1) is 26.9. The molecule has 4 heterocycles. The lowest BCUT2D eigenvalue weighted by molar-refractivity contribution is -0.152. The molecular weight excluding hydrogens is 506 g/mol. The van der Waals surface area contributed by atoms with E-state index >= 15 is 0 Å². The second kappa shape index (κ2) is 9.81. The van der Waals surface area contributed by atoms with Gasteiger partial charge in [-0.1, -0.05) is 68.8 Å². The van der Waals surface area contributed by atoms with Crippen molar-refractivity contribution >= 4 is 35.0 Å². The van der Waals surface area contributed by atoms with Gasteiger partial charge < -0.3 is 24.5 Å². The number of hydrogen-bond acceptors (Lipinski definition) is 5. The topological polar surface area (TPSA) is 90.4 Å². The predicted molar refractivity (Wildman–Crippen MR) is 145 cm³/mol. The van der Waals surface area contributed by atoms with Crippen molar-refractivity contribution in [2.45, 2.75) is 56.9 Å². The van der Waals surface area contributed by atoms with Crippen LogP contribution in [0.5, 0.6) is 0 Å². The molecule has 0 radical (unpaired) electrons. The molecule has 0 bridgehead atoms. The number of ether oxygens (including phenoxy) is 1. The van der Waals surface area contributed by atoms with Crippen LogP contribution in [-0.2, 0) is 19.1 Å². The fourth-order valence-electron chi connectivity index (χ4n) is 6.92. The molecule has 2 fully saturated rings. The Labute approximate surface area is 228 Å². The zero-order valence-electron chi connectivity index (χ0n) is 22.3. The highest BCUT2D eigenvalue weighted by Crippen LogP contribution is 2.59. The van der Waals surface area contributed by atoms with Crippen LogP contribution in [0.25, 0.3) is 0 Å². The maximum absolute atomic E-state index is 14.5. The van der Waals surface area contributed by atoms with Crippen molar-refractivity contribution in [2.75, 3.05) is 31.6 Å². The van der Waals surface area contributed by atoms with E-state index in [2.05, 4.69) is 0 Å². The summed E-state index contributed by atoms with van der Waals surface area (Å²) in [6, 6.07) is 5.44. The van der Waals surface area contributed by atoms with Gasteiger partial charge in [0.1, 0.15) is 11.6 Å². The fraction of sp³-hybridized carbons (Fsp3) is 0.552. The molecule has 0 aliphatic carbocycles. The Kier molecular flexibility index (Phi) is 6.95. The Morgan fingerprint density at radius 2 is 1.76 bits per heavy atom. The highest BCUT2D eigenvalue weighted by molar-refractivity contribution is 6.34. The number of likely N-dealkylation sites (tertiary alicyclic amines) is 1. The molecule has 1 aromatic rings. The molecule has 0 saturated carbocycles. The molecule has 1 aromatic carbocycles. The van der Waals surface area contributed by atoms with Crippen LogP contribution in [0.15, 0.2) is 48.6 Å². The van der Waals surface area contributed by atoms with Crippen molar-refractivity contribution in [1.29, 1.82) is 0 Å². The van der Waals surface area contributed by atoms with E-state index in [1.54, 1.807) is 35.0 Å². The minimum absolute atomic E-state index is 0.164. The van der Waals surface area contributed by atoms with Crippen LogP contribution < -0.4 is 4.90 Å². The van der Waals surface area contributed by atoms with Crippen molar-refractivity contribution in [3.05, 3.63) is 53.6 Å². The minimum atomic E-state index is -1.37. The van der Waals surface area contributed by atoms with Crippen LogP contribution >= 0.6 is 11.6 Å². The molecule has 3 amide bonds. The number of hydrogen-bond donors (Lipinski definition) is 1. The largest absolute Gasteiger partial charge is 0.394 e. The van der Waals surface area contributed by atoms with Gasteiger partial charge in [0.2, 0.25) is 11.8 Å². The van der Waals surface area contributed by atoms with Crippen LogP contribution in [0.4, 0.5) is 5.69 Å². The number of rotatable bonds is 6. The number of carbonyl (C=O) groups excluding carboxylic acids is 3. The van der Waals surface area contributed by atoms with E-state index in [0.29, 0.717) is 30.1 Å². The van der Waals surface area contributed by atoms with Gasteiger partial charge in [0.25, 0.3) is 5.91 Å². The number of fused-ring (bicyclic) bond motifs is 2. The second-order valence-electron chi connectivity index (χ2n) is 11.3. The summed E-state index contributed by atoms with van der Waals surface area (Å²) in [7, 11) is 1.72. The Bertz CT molecular complexity index is 1200. The van der Waals surface area contributed by atoms with Crippen molar-refractivity contribution in [1.82, 2.24) is 9.80 Å². The average molecular weight is 542 g/mol. The minimum Gasteiger partial charge on any atom is -0.394 e. The van der Waals surface area contributed by atoms with Gasteiger partial charge in [-0.2, -0.15) is 0 Å². The molecule has 204 valence electrons. The van der Waals surface area contributed by atoms with Crippen molar-refractivity contribution in [3.8, 4) is 0 Å². The Morgan fingerprint density at radius 1 is 1.05 bits per heavy atom. The molecule has 9 heteroatoms. The summed E-state index contributed by atoms with van der Waals surface area (Å²) in [5.74, 6) is -2.38. The monoisotopic (exact) mass is 541 g/mol. The van der Waals surface area contributed by atoms with Crippen LogP contribution in [0.3, 0.4) is 0 Å². The summed E-state index contributed by atoms with van der Waals surface area (Å²) in [6.07, 6.45) is 8.46. The van der Waals surface area contributed by atoms with E-state index in [-0.39, 0.29) is 36.8 Å². The van der Waals surface area contributed by atoms with Crippen LogP contribution in [0, 0.1) is 17.8 Å². The molecule has 1 spiro atoms. The predicted octanol–water partition coefficient (Wildman–Crippen LogP) is 3.04. The number of benzene rings is 1. The van der Waals surface area contributed by atoms with Crippen LogP contribution in [-0.4, -0.2) is 82.7 Å². The van der Waals surface area contributed by atoms with Crippen molar-refractivity contribution in [2.24, 2.45) is 17.8 Å². The normalized spacial score (nSPS) is 33.4. The zero-order chi connectivity index (χ0) is 27.4. The first-order valence-corrected chi connectivity index (χ1v) is 13.8. The highest BCUT2D eigenvalue weighted by Gasteiger charge is 2.75. The van der Waals surface area contributed by atoms with Crippen LogP contribution in [0.2, 0.25) is 5.02 Å². The SMILES string of the molecule is CC[C@]12C=CCN(C)C(=O)[C@H]1[C@H]1C(=O)N([C@@H](CO)CC(C)C)C3C(=O)N(c4ccccc4Cl)CC=C[C@@]31O2. The zero-order valence-corrected chi connectivity index (χ0v) is 23.1. The summed E-state index contributed by atoms with van der Waals surface area (Å²) in [5.41, 5.74) is -1.86. The number of amides is 3. The van der Waals surface area contributed by atoms with E-state index in [1.807, 2.05) is 51.1 Å². The molecule has 0 aromatic heterocycles. The van der Waals surface area contributed by atoms with Gasteiger partial charge in [-0.3, -0.25) is 14.4 Å². The number of aliphatic hydroxyl groups is 1. The first-order valence-electron chi connectivity index (χ1n) is 13.4. The maximum atomic E-state index is 14.5. The smallest absolute Gasteiger partial charge is 0.253 e. The van der Waals surface area contributed by atoms with Gasteiger partial charge in [-0.15, -0.1) is 0 Å². The van der Waals surface area contributed by atoms with E-state index in [9.17, 15) is 19.5 Å². The number of para-hydroxylation sites is 1. The molecule has 1 N–H and O–H groups in total. The summed E-state index contributed by atoms with van der Waals surface area (Å²) >= 11 is 6.52. The third kappa shape index (κ3) is 3.83. The van der Waals surface area contributed by atoms with E-state index in [4.69, 9.17) is 16.3 Å². The number of aliphatic hydroxyl groups excluding tert-OH is 1. The summed E-state index contributed by atoms with van der Waals surface area (Å²) < 4.78 is 6.94. The van der Waals surface area contributed by atoms with Crippen LogP contribution in [0.1, 0.15) is 33.6 Å². The molecule has 4 aliphatic heterocycles. The number of likely N-dealkylation sites (N-methyl/N-ethyl adjacent to an activating group) is 1. The lowest BCUT2D eigenvalue weighted by atomic mass is 9.73. The lowest BCUT2D eigenvalue weighted by Gasteiger charge is -2.41. The van der Waals surface area contributed by atoms with Crippen molar-refractivity contribution in [3.63, 3.8) is 0 Å².